The molecule has 0 spiro atoms. The zero-order valence-electron chi connectivity index (χ0n) is 11.8. The molecule has 3 rings (SSSR count). The summed E-state index contributed by atoms with van der Waals surface area (Å²) in [5, 5.41) is 5.69. The van der Waals surface area contributed by atoms with Crippen molar-refractivity contribution in [2.24, 2.45) is 5.41 Å². The van der Waals surface area contributed by atoms with Crippen LogP contribution in [0.15, 0.2) is 54.3 Å². The van der Waals surface area contributed by atoms with Crippen LogP contribution in [0.2, 0.25) is 0 Å². The summed E-state index contributed by atoms with van der Waals surface area (Å²) in [6.07, 6.45) is 9.05. The molecule has 0 aromatic heterocycles. The first-order valence-electron chi connectivity index (χ1n) is 7.25. The van der Waals surface area contributed by atoms with E-state index >= 15 is 0 Å². The summed E-state index contributed by atoms with van der Waals surface area (Å²) in [5.41, 5.74) is 0.616. The second-order valence-corrected chi connectivity index (χ2v) is 5.50. The highest BCUT2D eigenvalue weighted by Gasteiger charge is 2.56. The van der Waals surface area contributed by atoms with Gasteiger partial charge in [-0.25, -0.2) is 0 Å². The van der Waals surface area contributed by atoms with Gasteiger partial charge in [-0.05, 0) is 43.9 Å². The second kappa shape index (κ2) is 5.56. The highest BCUT2D eigenvalue weighted by atomic mass is 16.2. The van der Waals surface area contributed by atoms with Crippen molar-refractivity contribution in [3.8, 4) is 0 Å². The molecule has 0 atom stereocenters. The Balaban J connectivity index is 1.66. The maximum atomic E-state index is 12.4. The first kappa shape index (κ1) is 13.6. The molecule has 2 N–H and O–H groups in total. The van der Waals surface area contributed by atoms with Crippen LogP contribution in [0.1, 0.15) is 25.7 Å². The number of benzene rings is 1. The highest BCUT2D eigenvalue weighted by molar-refractivity contribution is 6.13. The normalized spacial score (nSPS) is 18.6. The van der Waals surface area contributed by atoms with Crippen LogP contribution in [-0.4, -0.2) is 11.8 Å². The number of hydrogen-bond donors (Lipinski definition) is 2. The van der Waals surface area contributed by atoms with Crippen molar-refractivity contribution < 1.29 is 9.59 Å². The molecule has 1 fully saturated rings. The lowest BCUT2D eigenvalue weighted by molar-refractivity contribution is -0.133. The van der Waals surface area contributed by atoms with Crippen LogP contribution in [0.4, 0.5) is 5.69 Å². The fraction of sp³-hybridized carbons (Fsp3) is 0.294. The monoisotopic (exact) mass is 282 g/mol. The third-order valence-electron chi connectivity index (χ3n) is 3.90. The lowest BCUT2D eigenvalue weighted by atomic mass is 10.0. The van der Waals surface area contributed by atoms with Crippen LogP contribution in [0.3, 0.4) is 0 Å². The molecule has 0 aliphatic heterocycles. The van der Waals surface area contributed by atoms with Crippen molar-refractivity contribution in [2.75, 3.05) is 5.32 Å². The number of nitrogens with one attached hydrogen (secondary N) is 2. The zero-order chi connectivity index (χ0) is 14.7. The van der Waals surface area contributed by atoms with Crippen molar-refractivity contribution in [1.29, 1.82) is 0 Å². The molecule has 4 nitrogen and oxygen atoms in total. The molecule has 4 heteroatoms. The third kappa shape index (κ3) is 2.89. The van der Waals surface area contributed by atoms with E-state index in [2.05, 4.69) is 10.6 Å². The van der Waals surface area contributed by atoms with Crippen molar-refractivity contribution in [3.05, 3.63) is 54.3 Å². The smallest absolute Gasteiger partial charge is 0.240 e. The number of amides is 2. The van der Waals surface area contributed by atoms with Gasteiger partial charge in [-0.2, -0.15) is 0 Å². The van der Waals surface area contributed by atoms with Gasteiger partial charge in [0.1, 0.15) is 5.41 Å². The average molecular weight is 282 g/mol. The summed E-state index contributed by atoms with van der Waals surface area (Å²) in [4.78, 5) is 24.8. The first-order valence-corrected chi connectivity index (χ1v) is 7.25. The molecule has 108 valence electrons. The number of allylic oxidation sites excluding steroid dienone is 3. The summed E-state index contributed by atoms with van der Waals surface area (Å²) in [6, 6.07) is 9.23. The largest absolute Gasteiger partial charge is 0.325 e. The summed E-state index contributed by atoms with van der Waals surface area (Å²) in [7, 11) is 0. The van der Waals surface area contributed by atoms with Crippen molar-refractivity contribution in [3.63, 3.8) is 0 Å². The van der Waals surface area contributed by atoms with Crippen molar-refractivity contribution >= 4 is 17.5 Å². The Labute approximate surface area is 123 Å². The maximum absolute atomic E-state index is 12.4. The fourth-order valence-electron chi connectivity index (χ4n) is 2.41. The van der Waals surface area contributed by atoms with Crippen LogP contribution in [0.5, 0.6) is 0 Å². The van der Waals surface area contributed by atoms with E-state index in [1.165, 1.54) is 0 Å². The molecule has 1 aromatic rings. The standard InChI is InChI=1S/C17H18N2O2/c20-15(18-13-7-3-1-4-8-13)17(11-12-17)16(21)19-14-9-5-2-6-10-14/h1,3-5,7-10H,2,6,11-12H2,(H,18,20)(H,19,21). The molecule has 1 aromatic carbocycles. The Morgan fingerprint density at radius 1 is 0.952 bits per heavy atom. The molecular formula is C17H18N2O2. The second-order valence-electron chi connectivity index (χ2n) is 5.50. The van der Waals surface area contributed by atoms with E-state index in [9.17, 15) is 9.59 Å². The first-order chi connectivity index (χ1) is 10.2. The topological polar surface area (TPSA) is 58.2 Å². The van der Waals surface area contributed by atoms with Gasteiger partial charge in [0.05, 0.1) is 0 Å². The van der Waals surface area contributed by atoms with Gasteiger partial charge in [0.2, 0.25) is 11.8 Å². The van der Waals surface area contributed by atoms with E-state index in [0.29, 0.717) is 12.8 Å². The van der Waals surface area contributed by atoms with Gasteiger partial charge in [-0.15, -0.1) is 0 Å². The molecular weight excluding hydrogens is 264 g/mol. The molecule has 2 amide bonds. The van der Waals surface area contributed by atoms with Crippen LogP contribution in [0.25, 0.3) is 0 Å². The van der Waals surface area contributed by atoms with E-state index in [0.717, 1.165) is 24.2 Å². The Hall–Kier alpha value is -2.36. The number of rotatable bonds is 4. The predicted octanol–water partition coefficient (Wildman–Crippen LogP) is 2.76. The molecule has 2 aliphatic rings. The van der Waals surface area contributed by atoms with E-state index in [1.807, 2.05) is 48.6 Å². The minimum Gasteiger partial charge on any atom is -0.325 e. The van der Waals surface area contributed by atoms with Crippen LogP contribution in [-0.2, 0) is 9.59 Å². The summed E-state index contributed by atoms with van der Waals surface area (Å²) < 4.78 is 0. The Morgan fingerprint density at radius 2 is 1.67 bits per heavy atom. The van der Waals surface area contributed by atoms with E-state index in [-0.39, 0.29) is 11.8 Å². The minimum absolute atomic E-state index is 0.200. The van der Waals surface area contributed by atoms with Gasteiger partial charge in [0.15, 0.2) is 0 Å². The van der Waals surface area contributed by atoms with Gasteiger partial charge in [0.25, 0.3) is 0 Å². The van der Waals surface area contributed by atoms with E-state index in [1.54, 1.807) is 0 Å². The molecule has 0 saturated heterocycles. The zero-order valence-corrected chi connectivity index (χ0v) is 11.8. The number of hydrogen-bond acceptors (Lipinski definition) is 2. The molecule has 0 heterocycles. The van der Waals surface area contributed by atoms with E-state index < -0.39 is 5.41 Å². The summed E-state index contributed by atoms with van der Waals surface area (Å²) in [6.45, 7) is 0. The molecule has 1 saturated carbocycles. The van der Waals surface area contributed by atoms with Crippen molar-refractivity contribution in [1.82, 2.24) is 5.32 Å². The number of para-hydroxylation sites is 1. The molecule has 0 unspecified atom stereocenters. The Morgan fingerprint density at radius 3 is 2.29 bits per heavy atom. The Kier molecular flexibility index (Phi) is 3.60. The Bertz CT molecular complexity index is 613. The number of carbonyl (C=O) groups excluding carboxylic acids is 2. The summed E-state index contributed by atoms with van der Waals surface area (Å²) in [5.74, 6) is -0.416. The molecule has 0 bridgehead atoms. The quantitative estimate of drug-likeness (QED) is 0.834. The summed E-state index contributed by atoms with van der Waals surface area (Å²) >= 11 is 0. The van der Waals surface area contributed by atoms with Crippen LogP contribution in [0, 0.1) is 5.41 Å². The van der Waals surface area contributed by atoms with Gasteiger partial charge in [-0.3, -0.25) is 9.59 Å². The molecule has 21 heavy (non-hydrogen) atoms. The van der Waals surface area contributed by atoms with E-state index in [4.69, 9.17) is 0 Å². The third-order valence-corrected chi connectivity index (χ3v) is 3.90. The lowest BCUT2D eigenvalue weighted by Gasteiger charge is -2.16. The predicted molar refractivity (Wildman–Crippen MR) is 81.3 cm³/mol. The highest BCUT2D eigenvalue weighted by Crippen LogP contribution is 2.47. The fourth-order valence-corrected chi connectivity index (χ4v) is 2.41. The van der Waals surface area contributed by atoms with Crippen molar-refractivity contribution in [2.45, 2.75) is 25.7 Å². The van der Waals surface area contributed by atoms with Gasteiger partial charge in [0, 0.05) is 11.4 Å². The minimum atomic E-state index is -0.901. The molecule has 2 aliphatic carbocycles. The number of anilines is 1. The van der Waals surface area contributed by atoms with Gasteiger partial charge >= 0.3 is 0 Å². The van der Waals surface area contributed by atoms with Crippen LogP contribution < -0.4 is 10.6 Å². The lowest BCUT2D eigenvalue weighted by Crippen LogP contribution is -2.39. The average Bonchev–Trinajstić information content (AvgIpc) is 3.31. The molecule has 0 radical (unpaired) electrons. The van der Waals surface area contributed by atoms with Crippen LogP contribution >= 0.6 is 0 Å². The maximum Gasteiger partial charge on any atom is 0.240 e. The van der Waals surface area contributed by atoms with Gasteiger partial charge < -0.3 is 10.6 Å². The number of carbonyl (C=O) groups is 2. The van der Waals surface area contributed by atoms with Gasteiger partial charge in [-0.1, -0.05) is 30.4 Å². The SMILES string of the molecule is O=C(NC1=CCCC=C1)C1(C(=O)Nc2ccccc2)CC1.